The Morgan fingerprint density at radius 3 is 2.92 bits per heavy atom. The van der Waals surface area contributed by atoms with E-state index < -0.39 is 6.09 Å². The highest BCUT2D eigenvalue weighted by molar-refractivity contribution is 7.80. The number of thiocarbonyl (C=S) groups is 1. The van der Waals surface area contributed by atoms with Crippen LogP contribution in [-0.2, 0) is 9.47 Å². The van der Waals surface area contributed by atoms with Gasteiger partial charge in [-0.05, 0) is 24.4 Å². The van der Waals surface area contributed by atoms with Crippen LogP contribution in [0, 0.1) is 0 Å². The van der Waals surface area contributed by atoms with Gasteiger partial charge in [0, 0.05) is 32.7 Å². The van der Waals surface area contributed by atoms with Gasteiger partial charge in [-0.25, -0.2) is 9.18 Å². The number of hydrogen-bond acceptors (Lipinski definition) is 6. The summed E-state index contributed by atoms with van der Waals surface area (Å²) in [6.07, 6.45) is 3.95. The summed E-state index contributed by atoms with van der Waals surface area (Å²) in [6.45, 7) is 7.71. The minimum absolute atomic E-state index is 0.255. The summed E-state index contributed by atoms with van der Waals surface area (Å²) in [5.41, 5.74) is 0.484. The van der Waals surface area contributed by atoms with E-state index in [0.717, 1.165) is 26.2 Å². The number of carbonyl (C=O) groups excluding carboxylic acids is 1. The van der Waals surface area contributed by atoms with Crippen LogP contribution >= 0.6 is 12.2 Å². The molecule has 0 aromatic rings. The van der Waals surface area contributed by atoms with Gasteiger partial charge < -0.3 is 29.9 Å². The summed E-state index contributed by atoms with van der Waals surface area (Å²) in [5, 5.41) is 6.35. The van der Waals surface area contributed by atoms with Crippen LogP contribution in [-0.4, -0.2) is 80.1 Å². The Kier molecular flexibility index (Phi) is 7.86. The number of cyclic esters (lactones) is 1. The third-order valence-corrected chi connectivity index (χ3v) is 4.40. The van der Waals surface area contributed by atoms with Gasteiger partial charge in [-0.1, -0.05) is 12.7 Å². The Morgan fingerprint density at radius 2 is 2.27 bits per heavy atom. The first-order chi connectivity index (χ1) is 12.5. The minimum atomic E-state index is -0.401. The van der Waals surface area contributed by atoms with Gasteiger partial charge in [-0.2, -0.15) is 0 Å². The van der Waals surface area contributed by atoms with Crippen molar-refractivity contribution in [2.75, 3.05) is 52.9 Å². The minimum Gasteiger partial charge on any atom is -0.474 e. The molecule has 2 saturated heterocycles. The zero-order valence-corrected chi connectivity index (χ0v) is 15.7. The molecule has 1 amide bonds. The third-order valence-electron chi connectivity index (χ3n) is 4.09. The molecule has 2 aliphatic heterocycles. The largest absolute Gasteiger partial charge is 0.474 e. The van der Waals surface area contributed by atoms with E-state index in [4.69, 9.17) is 21.7 Å². The van der Waals surface area contributed by atoms with Crippen molar-refractivity contribution < 1.29 is 18.7 Å². The molecule has 0 aliphatic carbocycles. The maximum atomic E-state index is 14.1. The summed E-state index contributed by atoms with van der Waals surface area (Å²) in [6, 6.07) is 0. The Bertz CT molecular complexity index is 591. The Balaban J connectivity index is 1.90. The first-order valence-electron chi connectivity index (χ1n) is 8.47. The number of hydrogen-bond donors (Lipinski definition) is 2. The molecule has 0 aromatic carbocycles. The Morgan fingerprint density at radius 1 is 1.54 bits per heavy atom. The summed E-state index contributed by atoms with van der Waals surface area (Å²) < 4.78 is 24.2. The van der Waals surface area contributed by atoms with Crippen LogP contribution < -0.4 is 10.6 Å². The number of allylic oxidation sites excluding steroid dienone is 3. The number of nitrogens with zero attached hydrogens (tertiary/aromatic N) is 2. The molecule has 2 N–H and O–H groups in total. The fourth-order valence-electron chi connectivity index (χ4n) is 2.74. The molecule has 0 aromatic heterocycles. The van der Waals surface area contributed by atoms with Gasteiger partial charge in [-0.3, -0.25) is 0 Å². The quantitative estimate of drug-likeness (QED) is 0.504. The number of carbonyl (C=O) groups is 1. The lowest BCUT2D eigenvalue weighted by molar-refractivity contribution is 0.134. The molecule has 26 heavy (non-hydrogen) atoms. The average molecular weight is 384 g/mol. The Labute approximate surface area is 158 Å². The standard InChI is InChI=1S/C17H25FN4O3S/c1-3-14(18)15(21-9-6-19-7-10-21)5-4-8-22-12-13(25-17(22)23)11-20-16(26)24-2/h3-5,13,19H,1,6-12H2,2H3,(H,20,26)/b5-4-,15-14-. The number of piperazine rings is 1. The van der Waals surface area contributed by atoms with E-state index in [1.54, 1.807) is 17.1 Å². The van der Waals surface area contributed by atoms with Gasteiger partial charge in [0.05, 0.1) is 25.9 Å². The van der Waals surface area contributed by atoms with Crippen molar-refractivity contribution in [1.82, 2.24) is 20.4 Å². The number of nitrogens with one attached hydrogen (secondary N) is 2. The zero-order chi connectivity index (χ0) is 18.9. The highest BCUT2D eigenvalue weighted by atomic mass is 32.1. The highest BCUT2D eigenvalue weighted by Crippen LogP contribution is 2.16. The van der Waals surface area contributed by atoms with E-state index in [-0.39, 0.29) is 17.1 Å². The van der Waals surface area contributed by atoms with E-state index in [9.17, 15) is 9.18 Å². The maximum absolute atomic E-state index is 14.1. The van der Waals surface area contributed by atoms with Crippen LogP contribution in [0.3, 0.4) is 0 Å². The first-order valence-corrected chi connectivity index (χ1v) is 8.87. The molecule has 0 radical (unpaired) electrons. The van der Waals surface area contributed by atoms with Crippen molar-refractivity contribution in [3.8, 4) is 0 Å². The molecule has 1 unspecified atom stereocenters. The lowest BCUT2D eigenvalue weighted by Crippen LogP contribution is -2.42. The first kappa shape index (κ1) is 20.2. The third kappa shape index (κ3) is 5.70. The van der Waals surface area contributed by atoms with E-state index in [1.165, 1.54) is 13.2 Å². The molecule has 0 spiro atoms. The van der Waals surface area contributed by atoms with Crippen molar-refractivity contribution in [2.24, 2.45) is 0 Å². The normalized spacial score (nSPS) is 21.5. The monoisotopic (exact) mass is 384 g/mol. The average Bonchev–Trinajstić information content (AvgIpc) is 3.03. The molecular formula is C17H25FN4O3S. The second kappa shape index (κ2) is 10.1. The van der Waals surface area contributed by atoms with Gasteiger partial charge in [0.25, 0.3) is 5.17 Å². The second-order valence-corrected chi connectivity index (χ2v) is 6.23. The summed E-state index contributed by atoms with van der Waals surface area (Å²) in [7, 11) is 1.47. The number of methoxy groups -OCH3 is 1. The molecule has 2 aliphatic rings. The van der Waals surface area contributed by atoms with Crippen LogP contribution in [0.4, 0.5) is 9.18 Å². The summed E-state index contributed by atoms with van der Waals surface area (Å²) in [4.78, 5) is 15.4. The molecule has 0 bridgehead atoms. The molecule has 2 fully saturated rings. The van der Waals surface area contributed by atoms with Crippen LogP contribution in [0.15, 0.2) is 36.3 Å². The molecule has 9 heteroatoms. The molecule has 2 heterocycles. The van der Waals surface area contributed by atoms with Gasteiger partial charge in [0.15, 0.2) is 0 Å². The fourth-order valence-corrected chi connectivity index (χ4v) is 2.82. The van der Waals surface area contributed by atoms with E-state index >= 15 is 0 Å². The fraction of sp³-hybridized carbons (Fsp3) is 0.529. The SMILES string of the molecule is C=C/C(F)=C(\C=C/CN1CC(CNC(=S)OC)OC1=O)N1CCNCC1. The van der Waals surface area contributed by atoms with Crippen molar-refractivity contribution in [2.45, 2.75) is 6.10 Å². The summed E-state index contributed by atoms with van der Waals surface area (Å²) >= 11 is 4.89. The van der Waals surface area contributed by atoms with Gasteiger partial charge in [0.2, 0.25) is 0 Å². The van der Waals surface area contributed by atoms with E-state index in [2.05, 4.69) is 17.2 Å². The smallest absolute Gasteiger partial charge is 0.410 e. The number of rotatable bonds is 7. The highest BCUT2D eigenvalue weighted by Gasteiger charge is 2.30. The Hall–Kier alpha value is -2.13. The molecule has 7 nitrogen and oxygen atoms in total. The van der Waals surface area contributed by atoms with Crippen molar-refractivity contribution in [3.05, 3.63) is 36.3 Å². The molecule has 2 rings (SSSR count). The lowest BCUT2D eigenvalue weighted by Gasteiger charge is -2.30. The van der Waals surface area contributed by atoms with Gasteiger partial charge >= 0.3 is 6.09 Å². The number of amides is 1. The van der Waals surface area contributed by atoms with E-state index in [0.29, 0.717) is 25.3 Å². The summed E-state index contributed by atoms with van der Waals surface area (Å²) in [5.74, 6) is -0.373. The van der Waals surface area contributed by atoms with Crippen LogP contribution in [0.2, 0.25) is 0 Å². The van der Waals surface area contributed by atoms with Crippen molar-refractivity contribution in [1.29, 1.82) is 0 Å². The van der Waals surface area contributed by atoms with Crippen LogP contribution in [0.5, 0.6) is 0 Å². The predicted octanol–water partition coefficient (Wildman–Crippen LogP) is 1.16. The van der Waals surface area contributed by atoms with Gasteiger partial charge in [0.1, 0.15) is 11.9 Å². The molecule has 0 saturated carbocycles. The number of ether oxygens (including phenoxy) is 2. The van der Waals surface area contributed by atoms with Crippen LogP contribution in [0.1, 0.15) is 0 Å². The van der Waals surface area contributed by atoms with Gasteiger partial charge in [-0.15, -0.1) is 0 Å². The van der Waals surface area contributed by atoms with Crippen molar-refractivity contribution >= 4 is 23.5 Å². The predicted molar refractivity (Wildman–Crippen MR) is 101 cm³/mol. The lowest BCUT2D eigenvalue weighted by atomic mass is 10.2. The van der Waals surface area contributed by atoms with E-state index in [1.807, 2.05) is 4.90 Å². The molecular weight excluding hydrogens is 359 g/mol. The molecule has 144 valence electrons. The second-order valence-electron chi connectivity index (χ2n) is 5.86. The number of halogens is 1. The van der Waals surface area contributed by atoms with Crippen LogP contribution in [0.25, 0.3) is 0 Å². The topological polar surface area (TPSA) is 66.1 Å². The maximum Gasteiger partial charge on any atom is 0.410 e. The molecule has 1 atom stereocenters. The van der Waals surface area contributed by atoms with Crippen molar-refractivity contribution in [3.63, 3.8) is 0 Å². The zero-order valence-electron chi connectivity index (χ0n) is 14.9.